The second-order valence-electron chi connectivity index (χ2n) is 1.93. The first-order chi connectivity index (χ1) is 5.57. The summed E-state index contributed by atoms with van der Waals surface area (Å²) in [6, 6.07) is 0. The Balaban J connectivity index is 3.17. The molecule has 0 aliphatic heterocycles. The molecule has 3 nitrogen and oxygen atoms in total. The van der Waals surface area contributed by atoms with Crippen molar-refractivity contribution in [1.29, 1.82) is 0 Å². The second kappa shape index (κ2) is 4.14. The van der Waals surface area contributed by atoms with E-state index in [9.17, 15) is 4.79 Å². The van der Waals surface area contributed by atoms with Gasteiger partial charge in [0.15, 0.2) is 0 Å². The van der Waals surface area contributed by atoms with E-state index in [2.05, 4.69) is 32.3 Å². The smallest absolute Gasteiger partial charge is 0.355 e. The third kappa shape index (κ3) is 1.87. The molecule has 0 aliphatic carbocycles. The zero-order chi connectivity index (χ0) is 9.30. The van der Waals surface area contributed by atoms with Crippen LogP contribution in [0, 0.1) is 7.14 Å². The van der Waals surface area contributed by atoms with E-state index in [1.54, 1.807) is 0 Å². The van der Waals surface area contributed by atoms with Crippen molar-refractivity contribution >= 4 is 62.8 Å². The highest BCUT2D eigenvalue weighted by Crippen LogP contribution is 2.26. The minimum atomic E-state index is -0.399. The average Bonchev–Trinajstić information content (AvgIpc) is 2.32. The molecule has 0 bridgehead atoms. The summed E-state index contributed by atoms with van der Waals surface area (Å²) >= 11 is 9.86. The van der Waals surface area contributed by atoms with Gasteiger partial charge in [0.05, 0.1) is 14.3 Å². The third-order valence-corrected chi connectivity index (χ3v) is 5.02. The van der Waals surface area contributed by atoms with Crippen molar-refractivity contribution in [3.05, 3.63) is 18.0 Å². The lowest BCUT2D eigenvalue weighted by Crippen LogP contribution is -2.03. The summed E-state index contributed by atoms with van der Waals surface area (Å²) in [7, 11) is 1.33. The lowest BCUT2D eigenvalue weighted by molar-refractivity contribution is 0.0593. The van der Waals surface area contributed by atoms with Gasteiger partial charge < -0.3 is 9.72 Å². The quantitative estimate of drug-likeness (QED) is 0.571. The first-order valence-electron chi connectivity index (χ1n) is 2.88. The topological polar surface area (TPSA) is 42.1 Å². The summed E-state index contributed by atoms with van der Waals surface area (Å²) < 4.78 is 6.19. The Kier molecular flexibility index (Phi) is 3.65. The zero-order valence-electron chi connectivity index (χ0n) is 5.95. The van der Waals surface area contributed by atoms with Crippen LogP contribution in [0.3, 0.4) is 0 Å². The standard InChI is InChI=1S/C6H4ClI2NO2/c1-12-6(11)4-2(8)3(9)5(7)10-4/h10H,1H3. The van der Waals surface area contributed by atoms with Gasteiger partial charge in [-0.15, -0.1) is 0 Å². The molecule has 1 N–H and O–H groups in total. The van der Waals surface area contributed by atoms with Crippen LogP contribution < -0.4 is 0 Å². The molecular formula is C6H4ClI2NO2. The number of hydrogen-bond acceptors (Lipinski definition) is 2. The molecule has 0 amide bonds. The van der Waals surface area contributed by atoms with Crippen molar-refractivity contribution in [2.24, 2.45) is 0 Å². The van der Waals surface area contributed by atoms with Gasteiger partial charge in [-0.2, -0.15) is 0 Å². The van der Waals surface area contributed by atoms with E-state index in [1.165, 1.54) is 7.11 Å². The van der Waals surface area contributed by atoms with Gasteiger partial charge in [0.2, 0.25) is 0 Å². The summed E-state index contributed by atoms with van der Waals surface area (Å²) in [5, 5.41) is 0.473. The molecule has 0 aliphatic rings. The molecule has 0 saturated carbocycles. The zero-order valence-corrected chi connectivity index (χ0v) is 11.0. The van der Waals surface area contributed by atoms with Crippen LogP contribution in [0.4, 0.5) is 0 Å². The molecule has 1 aromatic heterocycles. The van der Waals surface area contributed by atoms with E-state index in [4.69, 9.17) is 11.6 Å². The highest BCUT2D eigenvalue weighted by Gasteiger charge is 2.17. The van der Waals surface area contributed by atoms with Gasteiger partial charge >= 0.3 is 5.97 Å². The van der Waals surface area contributed by atoms with E-state index in [1.807, 2.05) is 22.6 Å². The molecular weight excluding hydrogens is 407 g/mol. The Morgan fingerprint density at radius 2 is 2.08 bits per heavy atom. The summed E-state index contributed by atoms with van der Waals surface area (Å²) in [5.41, 5.74) is 0.410. The molecule has 0 fully saturated rings. The maximum atomic E-state index is 11.1. The minimum Gasteiger partial charge on any atom is -0.464 e. The van der Waals surface area contributed by atoms with Crippen molar-refractivity contribution in [3.63, 3.8) is 0 Å². The van der Waals surface area contributed by atoms with Crippen LogP contribution >= 0.6 is 56.8 Å². The summed E-state index contributed by atoms with van der Waals surface area (Å²) in [6.07, 6.45) is 0. The van der Waals surface area contributed by atoms with Gasteiger partial charge in [-0.25, -0.2) is 4.79 Å². The number of methoxy groups -OCH3 is 1. The van der Waals surface area contributed by atoms with Crippen LogP contribution in [0.2, 0.25) is 5.15 Å². The van der Waals surface area contributed by atoms with Crippen molar-refractivity contribution in [2.75, 3.05) is 7.11 Å². The monoisotopic (exact) mass is 411 g/mol. The molecule has 1 rings (SSSR count). The average molecular weight is 411 g/mol. The summed E-state index contributed by atoms with van der Waals surface area (Å²) in [4.78, 5) is 13.8. The van der Waals surface area contributed by atoms with Crippen LogP contribution in [0.15, 0.2) is 0 Å². The molecule has 0 spiro atoms. The van der Waals surface area contributed by atoms with Crippen LogP contribution in [-0.4, -0.2) is 18.1 Å². The lowest BCUT2D eigenvalue weighted by atomic mass is 10.4. The minimum absolute atomic E-state index is 0.399. The first-order valence-corrected chi connectivity index (χ1v) is 5.42. The second-order valence-corrected chi connectivity index (χ2v) is 4.47. The number of hydrogen-bond donors (Lipinski definition) is 1. The highest BCUT2D eigenvalue weighted by atomic mass is 127. The normalized spacial score (nSPS) is 10.0. The van der Waals surface area contributed by atoms with E-state index < -0.39 is 5.97 Å². The number of carbonyl (C=O) groups excluding carboxylic acids is 1. The Labute approximate surface area is 101 Å². The van der Waals surface area contributed by atoms with E-state index in [-0.39, 0.29) is 0 Å². The fraction of sp³-hybridized carbons (Fsp3) is 0.167. The first kappa shape index (κ1) is 10.6. The van der Waals surface area contributed by atoms with Gasteiger partial charge in [-0.05, 0) is 45.2 Å². The van der Waals surface area contributed by atoms with E-state index >= 15 is 0 Å². The van der Waals surface area contributed by atoms with Gasteiger partial charge in [0.25, 0.3) is 0 Å². The van der Waals surface area contributed by atoms with Crippen molar-refractivity contribution < 1.29 is 9.53 Å². The molecule has 12 heavy (non-hydrogen) atoms. The molecule has 0 aromatic carbocycles. The van der Waals surface area contributed by atoms with Crippen molar-refractivity contribution in [2.45, 2.75) is 0 Å². The van der Waals surface area contributed by atoms with Crippen LogP contribution in [0.5, 0.6) is 0 Å². The van der Waals surface area contributed by atoms with Crippen LogP contribution in [0.25, 0.3) is 0 Å². The Morgan fingerprint density at radius 1 is 1.50 bits per heavy atom. The molecule has 0 saturated heterocycles. The van der Waals surface area contributed by atoms with E-state index in [0.29, 0.717) is 10.8 Å². The third-order valence-electron chi connectivity index (χ3n) is 1.23. The molecule has 0 radical (unpaired) electrons. The Morgan fingerprint density at radius 3 is 2.42 bits per heavy atom. The highest BCUT2D eigenvalue weighted by molar-refractivity contribution is 14.1. The van der Waals surface area contributed by atoms with Gasteiger partial charge in [0, 0.05) is 0 Å². The number of aromatic nitrogens is 1. The maximum Gasteiger partial charge on any atom is 0.355 e. The van der Waals surface area contributed by atoms with E-state index in [0.717, 1.165) is 7.14 Å². The molecule has 0 unspecified atom stereocenters. The fourth-order valence-corrected chi connectivity index (χ4v) is 2.05. The van der Waals surface area contributed by atoms with Gasteiger partial charge in [0.1, 0.15) is 10.8 Å². The van der Waals surface area contributed by atoms with Gasteiger partial charge in [-0.3, -0.25) is 0 Å². The Bertz CT molecular complexity index is 324. The lowest BCUT2D eigenvalue weighted by Gasteiger charge is -1.94. The fourth-order valence-electron chi connectivity index (χ4n) is 0.668. The van der Waals surface area contributed by atoms with Crippen molar-refractivity contribution in [1.82, 2.24) is 4.98 Å². The molecule has 0 atom stereocenters. The van der Waals surface area contributed by atoms with Crippen LogP contribution in [-0.2, 0) is 4.74 Å². The summed E-state index contributed by atoms with van der Waals surface area (Å²) in [6.45, 7) is 0. The number of esters is 1. The SMILES string of the molecule is COC(=O)c1[nH]c(Cl)c(I)c1I. The number of H-pyrrole nitrogens is 1. The number of nitrogens with one attached hydrogen (secondary N) is 1. The number of rotatable bonds is 1. The number of halogens is 3. The molecule has 1 aromatic rings. The van der Waals surface area contributed by atoms with Gasteiger partial charge in [-0.1, -0.05) is 11.6 Å². The predicted molar refractivity (Wildman–Crippen MR) is 62.6 cm³/mol. The molecule has 6 heteroatoms. The predicted octanol–water partition coefficient (Wildman–Crippen LogP) is 2.66. The van der Waals surface area contributed by atoms with Crippen LogP contribution in [0.1, 0.15) is 10.5 Å². The number of carbonyl (C=O) groups is 1. The number of ether oxygens (including phenoxy) is 1. The largest absolute Gasteiger partial charge is 0.464 e. The molecule has 66 valence electrons. The summed E-state index contributed by atoms with van der Waals surface area (Å²) in [5.74, 6) is -0.399. The number of aromatic amines is 1. The molecule has 1 heterocycles. The van der Waals surface area contributed by atoms with Crippen molar-refractivity contribution in [3.8, 4) is 0 Å². The maximum absolute atomic E-state index is 11.1. The Hall–Kier alpha value is 0.500.